The van der Waals surface area contributed by atoms with E-state index >= 15 is 0 Å². The van der Waals surface area contributed by atoms with Crippen molar-refractivity contribution in [2.75, 3.05) is 6.61 Å². The van der Waals surface area contributed by atoms with Gasteiger partial charge in [-0.2, -0.15) is 0 Å². The first-order valence-electron chi connectivity index (χ1n) is 12.0. The van der Waals surface area contributed by atoms with Crippen LogP contribution in [-0.2, 0) is 22.5 Å². The monoisotopic (exact) mass is 563 g/mol. The van der Waals surface area contributed by atoms with Crippen molar-refractivity contribution >= 4 is 61.3 Å². The Morgan fingerprint density at radius 1 is 1.03 bits per heavy atom. The minimum absolute atomic E-state index is 0.0776. The highest BCUT2D eigenvalue weighted by Crippen LogP contribution is 2.37. The lowest BCUT2D eigenvalue weighted by Gasteiger charge is -2.10. The van der Waals surface area contributed by atoms with E-state index in [0.29, 0.717) is 28.3 Å². The molecule has 0 unspecified atom stereocenters. The number of hydrogen-bond donors (Lipinski definition) is 0. The fourth-order valence-corrected chi connectivity index (χ4v) is 5.92. The number of benzene rings is 3. The van der Waals surface area contributed by atoms with Gasteiger partial charge in [0.1, 0.15) is 0 Å². The Bertz CT molecular complexity index is 1790. The van der Waals surface area contributed by atoms with E-state index in [9.17, 15) is 25.0 Å². The number of non-ortho nitro benzene ring substituents is 1. The average Bonchev–Trinajstić information content (AvgIpc) is 3.44. The molecule has 0 aliphatic heterocycles. The van der Waals surface area contributed by atoms with Crippen LogP contribution in [0.25, 0.3) is 32.1 Å². The Hall–Kier alpha value is -4.28. The highest BCUT2D eigenvalue weighted by atomic mass is 35.5. The third kappa shape index (κ3) is 5.08. The quantitative estimate of drug-likeness (QED) is 0.110. The van der Waals surface area contributed by atoms with Crippen molar-refractivity contribution < 1.29 is 19.4 Å². The van der Waals surface area contributed by atoms with Gasteiger partial charge in [-0.25, -0.2) is 0 Å². The topological polar surface area (TPSA) is 118 Å². The summed E-state index contributed by atoms with van der Waals surface area (Å²) in [6.07, 6.45) is 1.98. The van der Waals surface area contributed by atoms with Crippen LogP contribution in [-0.4, -0.2) is 27.0 Å². The van der Waals surface area contributed by atoms with Gasteiger partial charge in [0.2, 0.25) is 0 Å². The van der Waals surface area contributed by atoms with Gasteiger partial charge < -0.3 is 9.30 Å². The summed E-state index contributed by atoms with van der Waals surface area (Å²) in [5.74, 6) is -0.349. The maximum atomic E-state index is 12.4. The molecular weight excluding hydrogens is 542 g/mol. The molecule has 0 saturated carbocycles. The summed E-state index contributed by atoms with van der Waals surface area (Å²) in [6.45, 7) is 4.08. The van der Waals surface area contributed by atoms with Gasteiger partial charge in [0, 0.05) is 45.0 Å². The Balaban J connectivity index is 1.68. The summed E-state index contributed by atoms with van der Waals surface area (Å²) in [4.78, 5) is 34.3. The molecule has 0 bridgehead atoms. The van der Waals surface area contributed by atoms with Crippen LogP contribution in [0.3, 0.4) is 0 Å². The maximum absolute atomic E-state index is 12.4. The number of carbonyl (C=O) groups is 1. The van der Waals surface area contributed by atoms with E-state index in [1.807, 2.05) is 41.1 Å². The summed E-state index contributed by atoms with van der Waals surface area (Å²) >= 11 is 7.87. The van der Waals surface area contributed by atoms with Gasteiger partial charge in [-0.3, -0.25) is 25.0 Å². The summed E-state index contributed by atoms with van der Waals surface area (Å²) in [5.41, 5.74) is 3.23. The zero-order valence-electron chi connectivity index (χ0n) is 21.0. The molecule has 0 aliphatic carbocycles. The van der Waals surface area contributed by atoms with Gasteiger partial charge in [0.15, 0.2) is 0 Å². The van der Waals surface area contributed by atoms with Crippen LogP contribution >= 0.6 is 22.9 Å². The van der Waals surface area contributed by atoms with E-state index in [-0.39, 0.29) is 30.4 Å². The van der Waals surface area contributed by atoms with E-state index in [0.717, 1.165) is 38.2 Å². The molecule has 0 spiro atoms. The summed E-state index contributed by atoms with van der Waals surface area (Å²) in [5, 5.41) is 27.7. The van der Waals surface area contributed by atoms with E-state index < -0.39 is 9.85 Å². The number of fused-ring (bicyclic) bond motifs is 2. The lowest BCUT2D eigenvalue weighted by Crippen LogP contribution is -2.07. The van der Waals surface area contributed by atoms with Crippen molar-refractivity contribution in [3.63, 3.8) is 0 Å². The number of thiophene rings is 1. The number of aromatic nitrogens is 1. The predicted molar refractivity (Wildman–Crippen MR) is 152 cm³/mol. The molecule has 198 valence electrons. The van der Waals surface area contributed by atoms with Gasteiger partial charge in [0.05, 0.1) is 28.9 Å². The molecule has 5 aromatic rings. The summed E-state index contributed by atoms with van der Waals surface area (Å²) < 4.78 is 8.28. The highest BCUT2D eigenvalue weighted by Gasteiger charge is 2.23. The van der Waals surface area contributed by atoms with E-state index in [1.54, 1.807) is 31.3 Å². The van der Waals surface area contributed by atoms with Gasteiger partial charge >= 0.3 is 5.97 Å². The number of nitrogens with zero attached hydrogens (tertiary/aromatic N) is 3. The Morgan fingerprint density at radius 3 is 2.54 bits per heavy atom. The van der Waals surface area contributed by atoms with Crippen molar-refractivity contribution in [3.8, 4) is 11.1 Å². The third-order valence-electron chi connectivity index (χ3n) is 6.64. The largest absolute Gasteiger partial charge is 0.466 e. The third-order valence-corrected chi connectivity index (χ3v) is 7.89. The van der Waals surface area contributed by atoms with Crippen LogP contribution < -0.4 is 0 Å². The van der Waals surface area contributed by atoms with Gasteiger partial charge in [-0.15, -0.1) is 11.3 Å². The first kappa shape index (κ1) is 26.3. The molecular formula is C28H22ClN3O6S. The average molecular weight is 564 g/mol. The molecule has 2 heterocycles. The van der Waals surface area contributed by atoms with Crippen molar-refractivity contribution in [1.29, 1.82) is 0 Å². The standard InChI is InChI=1S/C28H22ClN3O6S/c1-3-38-28(33)9-18-13-30(14-19-15-39-27-7-5-20(29)10-24(19)27)26-8-17(4-6-22(18)26)23-11-21(31(34)35)12-25(16(23)2)32(36)37/h4-8,10-13,15H,3,9,14H2,1-2H3. The maximum Gasteiger partial charge on any atom is 0.310 e. The number of halogens is 1. The molecule has 39 heavy (non-hydrogen) atoms. The van der Waals surface area contributed by atoms with Crippen molar-refractivity contribution in [3.05, 3.63) is 102 Å². The fourth-order valence-electron chi connectivity index (χ4n) is 4.81. The normalized spacial score (nSPS) is 11.3. The van der Waals surface area contributed by atoms with Gasteiger partial charge in [-0.05, 0) is 71.1 Å². The number of esters is 1. The van der Waals surface area contributed by atoms with E-state index in [2.05, 4.69) is 5.38 Å². The van der Waals surface area contributed by atoms with Crippen LogP contribution in [0.5, 0.6) is 0 Å². The smallest absolute Gasteiger partial charge is 0.310 e. The van der Waals surface area contributed by atoms with Gasteiger partial charge in [0.25, 0.3) is 11.4 Å². The van der Waals surface area contributed by atoms with Crippen LogP contribution in [0.1, 0.15) is 23.6 Å². The molecule has 0 N–H and O–H groups in total. The molecule has 0 fully saturated rings. The van der Waals surface area contributed by atoms with Crippen molar-refractivity contribution in [2.45, 2.75) is 26.8 Å². The first-order chi connectivity index (χ1) is 18.7. The van der Waals surface area contributed by atoms with Crippen molar-refractivity contribution in [2.24, 2.45) is 0 Å². The summed E-state index contributed by atoms with van der Waals surface area (Å²) in [7, 11) is 0. The number of nitro groups is 2. The minimum Gasteiger partial charge on any atom is -0.466 e. The second-order valence-electron chi connectivity index (χ2n) is 9.05. The summed E-state index contributed by atoms with van der Waals surface area (Å²) in [6, 6.07) is 13.5. The van der Waals surface area contributed by atoms with E-state index in [1.165, 1.54) is 6.07 Å². The Morgan fingerprint density at radius 2 is 1.82 bits per heavy atom. The second kappa shape index (κ2) is 10.5. The zero-order valence-corrected chi connectivity index (χ0v) is 22.5. The van der Waals surface area contributed by atoms with Crippen LogP contribution in [0.15, 0.2) is 60.1 Å². The first-order valence-corrected chi connectivity index (χ1v) is 13.3. The number of ether oxygens (including phenoxy) is 1. The fraction of sp³-hybridized carbons (Fsp3) is 0.179. The SMILES string of the molecule is CCOC(=O)Cc1cn(Cc2csc3ccc(Cl)cc23)c2cc(-c3cc([N+](=O)[O-])cc([N+](=O)[O-])c3C)ccc12. The molecule has 2 aromatic heterocycles. The van der Waals surface area contributed by atoms with Crippen LogP contribution in [0.4, 0.5) is 11.4 Å². The van der Waals surface area contributed by atoms with E-state index in [4.69, 9.17) is 16.3 Å². The molecule has 0 aliphatic rings. The molecule has 9 nitrogen and oxygen atoms in total. The molecule has 5 rings (SSSR count). The second-order valence-corrected chi connectivity index (χ2v) is 10.4. The lowest BCUT2D eigenvalue weighted by atomic mass is 9.97. The molecule has 0 atom stereocenters. The molecule has 3 aromatic carbocycles. The Labute approximate surface area is 231 Å². The zero-order chi connectivity index (χ0) is 27.8. The van der Waals surface area contributed by atoms with Gasteiger partial charge in [-0.1, -0.05) is 23.7 Å². The lowest BCUT2D eigenvalue weighted by molar-refractivity contribution is -0.394. The number of nitro benzene ring substituents is 2. The number of hydrogen-bond acceptors (Lipinski definition) is 7. The van der Waals surface area contributed by atoms with Crippen LogP contribution in [0.2, 0.25) is 5.02 Å². The number of rotatable bonds is 8. The van der Waals surface area contributed by atoms with Crippen molar-refractivity contribution in [1.82, 2.24) is 4.57 Å². The molecule has 0 radical (unpaired) electrons. The minimum atomic E-state index is -0.637. The Kier molecular flexibility index (Phi) is 7.07. The number of carbonyl (C=O) groups excluding carboxylic acids is 1. The molecule has 0 saturated heterocycles. The highest BCUT2D eigenvalue weighted by molar-refractivity contribution is 7.17. The predicted octanol–water partition coefficient (Wildman–Crippen LogP) is 7.46. The van der Waals surface area contributed by atoms with Crippen LogP contribution in [0, 0.1) is 27.2 Å². The molecule has 11 heteroatoms. The molecule has 0 amide bonds.